The van der Waals surface area contributed by atoms with E-state index < -0.39 is 12.9 Å². The summed E-state index contributed by atoms with van der Waals surface area (Å²) in [4.78, 5) is 0. The Morgan fingerprint density at radius 3 is 2.65 bits per heavy atom. The minimum Gasteiger partial charge on any atom is -0.489 e. The molecule has 0 unspecified atom stereocenters. The van der Waals surface area contributed by atoms with Crippen LogP contribution in [-0.4, -0.2) is 17.2 Å². The Bertz CT molecular complexity index is 619. The second kappa shape index (κ2) is 6.26. The van der Waals surface area contributed by atoms with Crippen molar-refractivity contribution in [3.8, 4) is 5.75 Å². The van der Waals surface area contributed by atoms with Crippen LogP contribution in [0.25, 0.3) is 0 Å². The zero-order valence-corrected chi connectivity index (χ0v) is 11.6. The summed E-state index contributed by atoms with van der Waals surface area (Å²) >= 11 is 5.89. The summed E-state index contributed by atoms with van der Waals surface area (Å²) in [6, 6.07) is 9.04. The van der Waals surface area contributed by atoms with E-state index in [4.69, 9.17) is 16.3 Å². The maximum absolute atomic E-state index is 13.1. The van der Waals surface area contributed by atoms with Crippen molar-refractivity contribution in [3.05, 3.63) is 58.4 Å². The van der Waals surface area contributed by atoms with Crippen LogP contribution < -0.4 is 10.2 Å². The summed E-state index contributed by atoms with van der Waals surface area (Å²) in [5, 5.41) is 19.0. The molecule has 0 heterocycles. The average Bonchev–Trinajstić information content (AvgIpc) is 2.40. The van der Waals surface area contributed by atoms with Crippen LogP contribution in [0.5, 0.6) is 5.75 Å². The molecule has 2 aromatic rings. The monoisotopic (exact) mass is 294 g/mol. The van der Waals surface area contributed by atoms with E-state index in [-0.39, 0.29) is 12.1 Å². The molecule has 0 saturated heterocycles. The van der Waals surface area contributed by atoms with Crippen molar-refractivity contribution in [2.75, 3.05) is 0 Å². The van der Waals surface area contributed by atoms with Gasteiger partial charge in [-0.25, -0.2) is 4.39 Å². The van der Waals surface area contributed by atoms with Crippen LogP contribution in [0.3, 0.4) is 0 Å². The predicted octanol–water partition coefficient (Wildman–Crippen LogP) is 2.05. The highest BCUT2D eigenvalue weighted by atomic mass is 35.5. The van der Waals surface area contributed by atoms with E-state index >= 15 is 0 Å². The van der Waals surface area contributed by atoms with Gasteiger partial charge in [0.25, 0.3) is 0 Å². The normalized spacial score (nSPS) is 10.4. The van der Waals surface area contributed by atoms with Gasteiger partial charge < -0.3 is 14.8 Å². The number of hydrogen-bond acceptors (Lipinski definition) is 3. The van der Waals surface area contributed by atoms with Crippen LogP contribution in [-0.2, 0) is 6.61 Å². The maximum atomic E-state index is 13.1. The SMILES string of the molecule is Cc1ccc(Cl)cc1OCc1ccc(F)cc1B(O)O. The van der Waals surface area contributed by atoms with Gasteiger partial charge in [0.15, 0.2) is 0 Å². The molecule has 0 aromatic heterocycles. The van der Waals surface area contributed by atoms with Crippen molar-refractivity contribution in [2.45, 2.75) is 13.5 Å². The first-order valence-electron chi connectivity index (χ1n) is 6.01. The molecule has 20 heavy (non-hydrogen) atoms. The number of rotatable bonds is 4. The van der Waals surface area contributed by atoms with Crippen LogP contribution in [0.4, 0.5) is 4.39 Å². The quantitative estimate of drug-likeness (QED) is 0.849. The van der Waals surface area contributed by atoms with Gasteiger partial charge in [-0.3, -0.25) is 0 Å². The average molecular weight is 295 g/mol. The van der Waals surface area contributed by atoms with Gasteiger partial charge in [0, 0.05) is 5.02 Å². The third-order valence-electron chi connectivity index (χ3n) is 2.92. The standard InChI is InChI=1S/C14H13BClFO3/c1-9-2-4-11(16)6-14(9)20-8-10-3-5-12(17)7-13(10)15(18)19/h2-7,18-19H,8H2,1H3. The molecule has 2 aromatic carbocycles. The molecule has 0 fully saturated rings. The Kier molecular flexibility index (Phi) is 4.65. The van der Waals surface area contributed by atoms with E-state index in [1.807, 2.05) is 13.0 Å². The highest BCUT2D eigenvalue weighted by molar-refractivity contribution is 6.59. The van der Waals surface area contributed by atoms with Crippen LogP contribution in [0.15, 0.2) is 36.4 Å². The molecule has 0 aliphatic heterocycles. The van der Waals surface area contributed by atoms with Gasteiger partial charge in [0.2, 0.25) is 0 Å². The highest BCUT2D eigenvalue weighted by Gasteiger charge is 2.17. The van der Waals surface area contributed by atoms with Gasteiger partial charge in [0.1, 0.15) is 18.2 Å². The number of halogens is 2. The molecule has 3 nitrogen and oxygen atoms in total. The molecule has 0 saturated carbocycles. The van der Waals surface area contributed by atoms with E-state index in [9.17, 15) is 14.4 Å². The van der Waals surface area contributed by atoms with Gasteiger partial charge in [-0.2, -0.15) is 0 Å². The van der Waals surface area contributed by atoms with Crippen molar-refractivity contribution in [1.29, 1.82) is 0 Å². The second-order valence-electron chi connectivity index (χ2n) is 4.42. The first kappa shape index (κ1) is 14.8. The smallest absolute Gasteiger partial charge is 0.488 e. The van der Waals surface area contributed by atoms with E-state index in [1.165, 1.54) is 12.1 Å². The van der Waals surface area contributed by atoms with Gasteiger partial charge in [0.05, 0.1) is 0 Å². The molecule has 0 bridgehead atoms. The third-order valence-corrected chi connectivity index (χ3v) is 3.15. The van der Waals surface area contributed by atoms with Crippen molar-refractivity contribution in [3.63, 3.8) is 0 Å². The van der Waals surface area contributed by atoms with Gasteiger partial charge in [-0.1, -0.05) is 23.7 Å². The molecule has 0 atom stereocenters. The molecular formula is C14H13BClFO3. The molecule has 104 valence electrons. The first-order valence-corrected chi connectivity index (χ1v) is 6.38. The number of aryl methyl sites for hydroxylation is 1. The topological polar surface area (TPSA) is 49.7 Å². The lowest BCUT2D eigenvalue weighted by molar-refractivity contribution is 0.304. The van der Waals surface area contributed by atoms with Crippen LogP contribution in [0.1, 0.15) is 11.1 Å². The molecule has 6 heteroatoms. The highest BCUT2D eigenvalue weighted by Crippen LogP contribution is 2.23. The van der Waals surface area contributed by atoms with Crippen LogP contribution >= 0.6 is 11.6 Å². The van der Waals surface area contributed by atoms with Crippen molar-refractivity contribution in [1.82, 2.24) is 0 Å². The minimum absolute atomic E-state index is 0.0877. The van der Waals surface area contributed by atoms with E-state index in [0.29, 0.717) is 16.3 Å². The Morgan fingerprint density at radius 1 is 1.20 bits per heavy atom. The summed E-state index contributed by atoms with van der Waals surface area (Å²) in [6.45, 7) is 1.96. The summed E-state index contributed by atoms with van der Waals surface area (Å²) in [5.41, 5.74) is 1.49. The lowest BCUT2D eigenvalue weighted by atomic mass is 9.77. The predicted molar refractivity (Wildman–Crippen MR) is 76.7 cm³/mol. The Balaban J connectivity index is 2.20. The molecular weight excluding hydrogens is 281 g/mol. The van der Waals surface area contributed by atoms with Crippen molar-refractivity contribution in [2.24, 2.45) is 0 Å². The number of ether oxygens (including phenoxy) is 1. The summed E-state index contributed by atoms with van der Waals surface area (Å²) in [6.07, 6.45) is 0. The largest absolute Gasteiger partial charge is 0.489 e. The van der Waals surface area contributed by atoms with E-state index in [2.05, 4.69) is 0 Å². The van der Waals surface area contributed by atoms with Crippen molar-refractivity contribution < 1.29 is 19.2 Å². The lowest BCUT2D eigenvalue weighted by Gasteiger charge is -2.12. The minimum atomic E-state index is -1.75. The number of benzene rings is 2. The molecule has 0 spiro atoms. The number of hydrogen-bond donors (Lipinski definition) is 2. The second-order valence-corrected chi connectivity index (χ2v) is 4.85. The van der Waals surface area contributed by atoms with Gasteiger partial charge in [-0.05, 0) is 47.8 Å². The van der Waals surface area contributed by atoms with Crippen LogP contribution in [0, 0.1) is 12.7 Å². The van der Waals surface area contributed by atoms with Crippen molar-refractivity contribution >= 4 is 24.2 Å². The van der Waals surface area contributed by atoms with Crippen LogP contribution in [0.2, 0.25) is 5.02 Å². The molecule has 2 rings (SSSR count). The molecule has 0 aliphatic carbocycles. The Hall–Kier alpha value is -1.56. The summed E-state index contributed by atoms with van der Waals surface area (Å²) in [7, 11) is -1.75. The molecule has 2 N–H and O–H groups in total. The first-order chi connectivity index (χ1) is 9.47. The fraction of sp³-hybridized carbons (Fsp3) is 0.143. The lowest BCUT2D eigenvalue weighted by Crippen LogP contribution is -2.34. The third kappa shape index (κ3) is 3.51. The Morgan fingerprint density at radius 2 is 1.95 bits per heavy atom. The zero-order valence-electron chi connectivity index (χ0n) is 10.8. The van der Waals surface area contributed by atoms with E-state index in [0.717, 1.165) is 11.6 Å². The fourth-order valence-corrected chi connectivity index (χ4v) is 1.98. The summed E-state index contributed by atoms with van der Waals surface area (Å²) < 4.78 is 18.7. The molecule has 0 radical (unpaired) electrons. The molecule has 0 aliphatic rings. The molecule has 0 amide bonds. The zero-order chi connectivity index (χ0) is 14.7. The summed E-state index contributed by atoms with van der Waals surface area (Å²) in [5.74, 6) is 0.0657. The fourth-order valence-electron chi connectivity index (χ4n) is 1.82. The van der Waals surface area contributed by atoms with Gasteiger partial charge >= 0.3 is 7.12 Å². The maximum Gasteiger partial charge on any atom is 0.488 e. The van der Waals surface area contributed by atoms with Gasteiger partial charge in [-0.15, -0.1) is 0 Å². The van der Waals surface area contributed by atoms with E-state index in [1.54, 1.807) is 12.1 Å². The Labute approximate surface area is 121 Å².